The molecule has 4 fully saturated rings. The molecule has 18 heavy (non-hydrogen) atoms. The second kappa shape index (κ2) is 3.57. The van der Waals surface area contributed by atoms with Gasteiger partial charge in [0.15, 0.2) is 0 Å². The van der Waals surface area contributed by atoms with Crippen LogP contribution in [0.1, 0.15) is 49.8 Å². The van der Waals surface area contributed by atoms with E-state index in [4.69, 9.17) is 5.26 Å². The van der Waals surface area contributed by atoms with Crippen molar-refractivity contribution in [1.29, 1.82) is 5.26 Å². The molecule has 1 aromatic rings. The van der Waals surface area contributed by atoms with Crippen LogP contribution in [0.2, 0.25) is 0 Å². The van der Waals surface area contributed by atoms with Crippen LogP contribution in [-0.4, -0.2) is 4.98 Å². The molecule has 1 aromatic heterocycles. The van der Waals surface area contributed by atoms with Crippen LogP contribution in [0.25, 0.3) is 0 Å². The number of aromatic nitrogens is 1. The highest BCUT2D eigenvalue weighted by Crippen LogP contribution is 2.60. The van der Waals surface area contributed by atoms with Gasteiger partial charge in [-0.15, -0.1) is 0 Å². The molecule has 0 aliphatic heterocycles. The highest BCUT2D eigenvalue weighted by atomic mass is 14.7. The van der Waals surface area contributed by atoms with Crippen LogP contribution in [-0.2, 0) is 5.41 Å². The van der Waals surface area contributed by atoms with E-state index < -0.39 is 0 Å². The Balaban J connectivity index is 1.72. The van der Waals surface area contributed by atoms with Crippen molar-refractivity contribution in [2.75, 3.05) is 0 Å². The fraction of sp³-hybridized carbons (Fsp3) is 0.625. The van der Waals surface area contributed by atoms with Crippen molar-refractivity contribution in [3.8, 4) is 6.07 Å². The van der Waals surface area contributed by atoms with E-state index in [0.717, 1.165) is 17.8 Å². The van der Waals surface area contributed by atoms with Crippen LogP contribution in [0.5, 0.6) is 0 Å². The number of hydrogen-bond donors (Lipinski definition) is 0. The fourth-order valence-electron chi connectivity index (χ4n) is 5.24. The van der Waals surface area contributed by atoms with Crippen molar-refractivity contribution >= 4 is 0 Å². The van der Waals surface area contributed by atoms with Crippen molar-refractivity contribution in [2.45, 2.75) is 43.9 Å². The van der Waals surface area contributed by atoms with Crippen LogP contribution in [0.15, 0.2) is 18.3 Å². The van der Waals surface area contributed by atoms with Crippen LogP contribution >= 0.6 is 0 Å². The predicted molar refractivity (Wildman–Crippen MR) is 68.8 cm³/mol. The molecule has 0 amide bonds. The third kappa shape index (κ3) is 1.43. The third-order valence-electron chi connectivity index (χ3n) is 5.53. The molecular formula is C16H18N2. The van der Waals surface area contributed by atoms with Crippen LogP contribution < -0.4 is 0 Å². The lowest BCUT2D eigenvalue weighted by atomic mass is 9.48. The summed E-state index contributed by atoms with van der Waals surface area (Å²) in [5.74, 6) is 2.89. The van der Waals surface area contributed by atoms with Crippen molar-refractivity contribution in [3.05, 3.63) is 29.6 Å². The molecule has 4 bridgehead atoms. The second-order valence-electron chi connectivity index (χ2n) is 6.74. The van der Waals surface area contributed by atoms with Crippen LogP contribution in [0, 0.1) is 29.1 Å². The molecule has 92 valence electrons. The standard InChI is InChI=1S/C16H18N2/c17-9-15-2-1-14(10-18-15)16-6-11-3-12(7-16)5-13(4-11)8-16/h1-2,10-13H,3-8H2. The second-order valence-corrected chi connectivity index (χ2v) is 6.74. The van der Waals surface area contributed by atoms with E-state index in [1.807, 2.05) is 12.3 Å². The number of pyridine rings is 1. The summed E-state index contributed by atoms with van der Waals surface area (Å²) in [7, 11) is 0. The highest BCUT2D eigenvalue weighted by Gasteiger charge is 2.51. The number of rotatable bonds is 1. The molecule has 4 aliphatic rings. The van der Waals surface area contributed by atoms with Gasteiger partial charge in [-0.2, -0.15) is 5.26 Å². The van der Waals surface area contributed by atoms with E-state index >= 15 is 0 Å². The Bertz CT molecular complexity index is 474. The third-order valence-corrected chi connectivity index (χ3v) is 5.53. The summed E-state index contributed by atoms with van der Waals surface area (Å²) in [5, 5.41) is 8.85. The first-order chi connectivity index (χ1) is 8.77. The Morgan fingerprint density at radius 3 is 2.11 bits per heavy atom. The molecule has 0 atom stereocenters. The zero-order chi connectivity index (χ0) is 12.2. The molecular weight excluding hydrogens is 220 g/mol. The predicted octanol–water partition coefficient (Wildman–Crippen LogP) is 3.42. The smallest absolute Gasteiger partial charge is 0.140 e. The molecule has 0 N–H and O–H groups in total. The molecule has 0 saturated heterocycles. The Morgan fingerprint density at radius 2 is 1.67 bits per heavy atom. The highest BCUT2D eigenvalue weighted by molar-refractivity contribution is 5.31. The summed E-state index contributed by atoms with van der Waals surface area (Å²) < 4.78 is 0. The Hall–Kier alpha value is -1.36. The molecule has 0 unspecified atom stereocenters. The topological polar surface area (TPSA) is 36.7 Å². The minimum Gasteiger partial charge on any atom is -0.245 e. The largest absolute Gasteiger partial charge is 0.245 e. The minimum absolute atomic E-state index is 0.412. The van der Waals surface area contributed by atoms with Gasteiger partial charge in [-0.1, -0.05) is 6.07 Å². The van der Waals surface area contributed by atoms with Gasteiger partial charge in [-0.05, 0) is 73.3 Å². The first-order valence-electron chi connectivity index (χ1n) is 7.14. The van der Waals surface area contributed by atoms with E-state index in [-0.39, 0.29) is 0 Å². The maximum Gasteiger partial charge on any atom is 0.140 e. The Labute approximate surface area is 108 Å². The minimum atomic E-state index is 0.412. The molecule has 5 rings (SSSR count). The maximum absolute atomic E-state index is 8.85. The lowest BCUT2D eigenvalue weighted by molar-refractivity contribution is -0.00534. The van der Waals surface area contributed by atoms with Gasteiger partial charge < -0.3 is 0 Å². The van der Waals surface area contributed by atoms with Crippen molar-refractivity contribution in [2.24, 2.45) is 17.8 Å². The zero-order valence-electron chi connectivity index (χ0n) is 10.6. The molecule has 4 aliphatic carbocycles. The maximum atomic E-state index is 8.85. The van der Waals surface area contributed by atoms with E-state index in [1.54, 1.807) is 0 Å². The summed E-state index contributed by atoms with van der Waals surface area (Å²) >= 11 is 0. The van der Waals surface area contributed by atoms with Gasteiger partial charge >= 0.3 is 0 Å². The quantitative estimate of drug-likeness (QED) is 0.751. The van der Waals surface area contributed by atoms with Gasteiger partial charge in [0.1, 0.15) is 11.8 Å². The number of hydrogen-bond acceptors (Lipinski definition) is 2. The monoisotopic (exact) mass is 238 g/mol. The normalized spacial score (nSPS) is 40.7. The summed E-state index contributed by atoms with van der Waals surface area (Å²) in [6.45, 7) is 0. The van der Waals surface area contributed by atoms with E-state index in [1.165, 1.54) is 44.1 Å². The molecule has 2 nitrogen and oxygen atoms in total. The van der Waals surface area contributed by atoms with Gasteiger partial charge in [-0.25, -0.2) is 4.98 Å². The summed E-state index contributed by atoms with van der Waals surface area (Å²) in [6.07, 6.45) is 10.5. The number of nitriles is 1. The van der Waals surface area contributed by atoms with Crippen molar-refractivity contribution in [3.63, 3.8) is 0 Å². The lowest BCUT2D eigenvalue weighted by Gasteiger charge is -2.57. The molecule has 0 aromatic carbocycles. The first kappa shape index (κ1) is 10.6. The molecule has 4 saturated carbocycles. The Kier molecular flexibility index (Phi) is 2.09. The summed E-state index contributed by atoms with van der Waals surface area (Å²) in [6, 6.07) is 6.18. The average Bonchev–Trinajstić information content (AvgIpc) is 2.37. The first-order valence-corrected chi connectivity index (χ1v) is 7.14. The zero-order valence-corrected chi connectivity index (χ0v) is 10.6. The SMILES string of the molecule is N#Cc1ccc(C23CC4CC(CC(C4)C2)C3)cn1. The van der Waals surface area contributed by atoms with Gasteiger partial charge in [0.2, 0.25) is 0 Å². The van der Waals surface area contributed by atoms with Gasteiger partial charge in [0.25, 0.3) is 0 Å². The van der Waals surface area contributed by atoms with Gasteiger partial charge in [0, 0.05) is 6.20 Å². The van der Waals surface area contributed by atoms with Gasteiger partial charge in [0.05, 0.1) is 0 Å². The van der Waals surface area contributed by atoms with E-state index in [9.17, 15) is 0 Å². The number of nitrogens with zero attached hydrogens (tertiary/aromatic N) is 2. The summed E-state index contributed by atoms with van der Waals surface area (Å²) in [5.41, 5.74) is 2.36. The molecule has 1 heterocycles. The lowest BCUT2D eigenvalue weighted by Crippen LogP contribution is -2.48. The Morgan fingerprint density at radius 1 is 1.06 bits per heavy atom. The van der Waals surface area contributed by atoms with Crippen molar-refractivity contribution < 1.29 is 0 Å². The fourth-order valence-corrected chi connectivity index (χ4v) is 5.24. The average molecular weight is 238 g/mol. The van der Waals surface area contributed by atoms with Crippen molar-refractivity contribution in [1.82, 2.24) is 4.98 Å². The van der Waals surface area contributed by atoms with E-state index in [0.29, 0.717) is 11.1 Å². The molecule has 0 radical (unpaired) electrons. The van der Waals surface area contributed by atoms with Crippen LogP contribution in [0.4, 0.5) is 0 Å². The van der Waals surface area contributed by atoms with E-state index in [2.05, 4.69) is 17.1 Å². The van der Waals surface area contributed by atoms with Crippen LogP contribution in [0.3, 0.4) is 0 Å². The summed E-state index contributed by atoms with van der Waals surface area (Å²) in [4.78, 5) is 4.29. The van der Waals surface area contributed by atoms with Gasteiger partial charge in [-0.3, -0.25) is 0 Å². The molecule has 0 spiro atoms. The molecule has 2 heteroatoms.